The number of sulfonamides is 1. The van der Waals surface area contributed by atoms with Gasteiger partial charge in [0, 0.05) is 18.5 Å². The van der Waals surface area contributed by atoms with Crippen molar-refractivity contribution in [2.45, 2.75) is 36.5 Å². The highest BCUT2D eigenvalue weighted by atomic mass is 32.2. The van der Waals surface area contributed by atoms with Crippen molar-refractivity contribution in [3.8, 4) is 0 Å². The maximum Gasteiger partial charge on any atom is 0.238 e. The number of nitrogens with zero attached hydrogens (tertiary/aromatic N) is 1. The molecule has 29 heavy (non-hydrogen) atoms. The van der Waals surface area contributed by atoms with E-state index in [4.69, 9.17) is 10.1 Å². The molecule has 0 spiro atoms. The maximum atomic E-state index is 13.6. The SMILES string of the molecule is CCNC(=NCC1(c2cccc(F)c2)CC1)NCCc1ccc(S(N)(=O)=O)cc1. The molecule has 0 unspecified atom stereocenters. The van der Waals surface area contributed by atoms with Crippen LogP contribution in [0.4, 0.5) is 4.39 Å². The monoisotopic (exact) mass is 418 g/mol. The zero-order chi connectivity index (χ0) is 20.9. The summed E-state index contributed by atoms with van der Waals surface area (Å²) in [6, 6.07) is 13.3. The van der Waals surface area contributed by atoms with E-state index in [0.29, 0.717) is 19.5 Å². The summed E-state index contributed by atoms with van der Waals surface area (Å²) in [6.45, 7) is 3.99. The summed E-state index contributed by atoms with van der Waals surface area (Å²) in [4.78, 5) is 4.82. The second-order valence-electron chi connectivity index (χ2n) is 7.35. The van der Waals surface area contributed by atoms with Gasteiger partial charge in [-0.3, -0.25) is 4.99 Å². The van der Waals surface area contributed by atoms with Crippen molar-refractivity contribution in [2.24, 2.45) is 10.1 Å². The molecule has 0 aromatic heterocycles. The third-order valence-electron chi connectivity index (χ3n) is 5.13. The molecule has 2 aromatic carbocycles. The van der Waals surface area contributed by atoms with Crippen LogP contribution in [0.5, 0.6) is 0 Å². The third-order valence-corrected chi connectivity index (χ3v) is 6.06. The Morgan fingerprint density at radius 3 is 2.48 bits per heavy atom. The summed E-state index contributed by atoms with van der Waals surface area (Å²) in [6.07, 6.45) is 2.73. The maximum absolute atomic E-state index is 13.6. The van der Waals surface area contributed by atoms with Gasteiger partial charge in [0.2, 0.25) is 10.0 Å². The summed E-state index contributed by atoms with van der Waals surface area (Å²) in [5.41, 5.74) is 1.94. The van der Waals surface area contributed by atoms with E-state index in [1.165, 1.54) is 18.2 Å². The van der Waals surface area contributed by atoms with E-state index >= 15 is 0 Å². The van der Waals surface area contributed by atoms with Crippen molar-refractivity contribution in [1.29, 1.82) is 0 Å². The molecule has 8 heteroatoms. The number of guanidine groups is 1. The standard InChI is InChI=1S/C21H27FN4O2S/c1-2-24-20(25-13-10-16-6-8-19(9-7-16)29(23,27)28)26-15-21(11-12-21)17-4-3-5-18(22)14-17/h3-9,14H,2,10-13,15H2,1H3,(H2,23,27,28)(H2,24,25,26). The largest absolute Gasteiger partial charge is 0.357 e. The number of hydrogen-bond acceptors (Lipinski definition) is 3. The Morgan fingerprint density at radius 1 is 1.17 bits per heavy atom. The first-order valence-corrected chi connectivity index (χ1v) is 11.3. The third kappa shape index (κ3) is 5.77. The van der Waals surface area contributed by atoms with Crippen LogP contribution < -0.4 is 15.8 Å². The molecule has 0 heterocycles. The van der Waals surface area contributed by atoms with Crippen LogP contribution in [0.15, 0.2) is 58.4 Å². The highest BCUT2D eigenvalue weighted by Crippen LogP contribution is 2.48. The molecule has 0 saturated heterocycles. The van der Waals surface area contributed by atoms with Gasteiger partial charge >= 0.3 is 0 Å². The van der Waals surface area contributed by atoms with Gasteiger partial charge in [-0.2, -0.15) is 0 Å². The lowest BCUT2D eigenvalue weighted by molar-refractivity contribution is 0.597. The van der Waals surface area contributed by atoms with Gasteiger partial charge in [0.1, 0.15) is 5.82 Å². The van der Waals surface area contributed by atoms with E-state index in [2.05, 4.69) is 10.6 Å². The van der Waals surface area contributed by atoms with Gasteiger partial charge in [-0.15, -0.1) is 0 Å². The van der Waals surface area contributed by atoms with Gasteiger partial charge in [0.25, 0.3) is 0 Å². The second kappa shape index (κ2) is 8.92. The van der Waals surface area contributed by atoms with E-state index in [9.17, 15) is 12.8 Å². The summed E-state index contributed by atoms with van der Waals surface area (Å²) in [7, 11) is -3.67. The fourth-order valence-corrected chi connectivity index (χ4v) is 3.77. The van der Waals surface area contributed by atoms with Gasteiger partial charge in [-0.05, 0) is 61.6 Å². The van der Waals surface area contributed by atoms with Crippen LogP contribution in [0.3, 0.4) is 0 Å². The summed E-state index contributed by atoms with van der Waals surface area (Å²) in [5.74, 6) is 0.507. The Bertz CT molecular complexity index is 970. The molecule has 0 amide bonds. The molecule has 4 N–H and O–H groups in total. The fourth-order valence-electron chi connectivity index (χ4n) is 3.25. The lowest BCUT2D eigenvalue weighted by atomic mass is 9.96. The quantitative estimate of drug-likeness (QED) is 0.453. The summed E-state index contributed by atoms with van der Waals surface area (Å²) < 4.78 is 36.2. The Labute approximate surface area is 171 Å². The number of nitrogens with one attached hydrogen (secondary N) is 2. The normalized spacial score (nSPS) is 15.8. The Balaban J connectivity index is 1.57. The Kier molecular flexibility index (Phi) is 6.54. The highest BCUT2D eigenvalue weighted by molar-refractivity contribution is 7.89. The topological polar surface area (TPSA) is 96.6 Å². The van der Waals surface area contributed by atoms with Gasteiger partial charge in [-0.25, -0.2) is 17.9 Å². The number of rotatable bonds is 8. The average molecular weight is 419 g/mol. The van der Waals surface area contributed by atoms with E-state index in [1.54, 1.807) is 24.3 Å². The van der Waals surface area contributed by atoms with Gasteiger partial charge in [0.15, 0.2) is 5.96 Å². The molecular weight excluding hydrogens is 391 g/mol. The molecule has 1 aliphatic carbocycles. The van der Waals surface area contributed by atoms with Crippen LogP contribution in [0.1, 0.15) is 30.9 Å². The van der Waals surface area contributed by atoms with Crippen molar-refractivity contribution in [3.63, 3.8) is 0 Å². The molecule has 1 aliphatic rings. The number of aliphatic imine (C=N–C) groups is 1. The minimum atomic E-state index is -3.67. The van der Waals surface area contributed by atoms with Gasteiger partial charge in [-0.1, -0.05) is 24.3 Å². The first kappa shape index (κ1) is 21.3. The van der Waals surface area contributed by atoms with E-state index in [-0.39, 0.29) is 16.1 Å². The highest BCUT2D eigenvalue weighted by Gasteiger charge is 2.44. The predicted molar refractivity (Wildman–Crippen MR) is 113 cm³/mol. The van der Waals surface area contributed by atoms with Crippen LogP contribution >= 0.6 is 0 Å². The second-order valence-corrected chi connectivity index (χ2v) is 8.91. The first-order valence-electron chi connectivity index (χ1n) is 9.72. The lowest BCUT2D eigenvalue weighted by Crippen LogP contribution is -2.39. The van der Waals surface area contributed by atoms with Crippen molar-refractivity contribution < 1.29 is 12.8 Å². The summed E-state index contributed by atoms with van der Waals surface area (Å²) >= 11 is 0. The van der Waals surface area contributed by atoms with Crippen molar-refractivity contribution >= 4 is 16.0 Å². The van der Waals surface area contributed by atoms with Gasteiger partial charge < -0.3 is 10.6 Å². The average Bonchev–Trinajstić information content (AvgIpc) is 3.47. The van der Waals surface area contributed by atoms with Gasteiger partial charge in [0.05, 0.1) is 11.4 Å². The number of nitrogens with two attached hydrogens (primary N) is 1. The molecule has 0 atom stereocenters. The van der Waals surface area contributed by atoms with Crippen molar-refractivity contribution in [1.82, 2.24) is 10.6 Å². The van der Waals surface area contributed by atoms with Crippen molar-refractivity contribution in [2.75, 3.05) is 19.6 Å². The van der Waals surface area contributed by atoms with Crippen LogP contribution in [-0.4, -0.2) is 34.0 Å². The molecule has 0 aliphatic heterocycles. The van der Waals surface area contributed by atoms with E-state index in [0.717, 1.165) is 36.5 Å². The van der Waals surface area contributed by atoms with Crippen LogP contribution in [0.25, 0.3) is 0 Å². The molecule has 156 valence electrons. The molecule has 1 saturated carbocycles. The Morgan fingerprint density at radius 2 is 1.90 bits per heavy atom. The molecule has 6 nitrogen and oxygen atoms in total. The van der Waals surface area contributed by atoms with E-state index < -0.39 is 10.0 Å². The molecule has 3 rings (SSSR count). The minimum absolute atomic E-state index is 0.0615. The van der Waals surface area contributed by atoms with E-state index in [1.807, 2.05) is 13.0 Å². The number of hydrogen-bond donors (Lipinski definition) is 3. The van der Waals surface area contributed by atoms with Crippen molar-refractivity contribution in [3.05, 3.63) is 65.5 Å². The summed E-state index contributed by atoms with van der Waals surface area (Å²) in [5, 5.41) is 11.6. The van der Waals surface area contributed by atoms with Crippen LogP contribution in [0, 0.1) is 5.82 Å². The smallest absolute Gasteiger partial charge is 0.238 e. The zero-order valence-electron chi connectivity index (χ0n) is 16.5. The lowest BCUT2D eigenvalue weighted by Gasteiger charge is -2.16. The fraction of sp³-hybridized carbons (Fsp3) is 0.381. The Hall–Kier alpha value is -2.45. The first-order chi connectivity index (χ1) is 13.8. The molecule has 2 aromatic rings. The molecule has 0 radical (unpaired) electrons. The van der Waals surface area contributed by atoms with Crippen LogP contribution in [0.2, 0.25) is 0 Å². The molecule has 1 fully saturated rings. The minimum Gasteiger partial charge on any atom is -0.357 e. The predicted octanol–water partition coefficient (Wildman–Crippen LogP) is 2.30. The molecular formula is C21H27FN4O2S. The molecule has 0 bridgehead atoms. The zero-order valence-corrected chi connectivity index (χ0v) is 17.3. The number of benzene rings is 2. The number of primary sulfonamides is 1. The number of halogens is 1. The van der Waals surface area contributed by atoms with Crippen LogP contribution in [-0.2, 0) is 21.9 Å².